The first-order chi connectivity index (χ1) is 8.13. The third-order valence-electron chi connectivity index (χ3n) is 2.16. The lowest BCUT2D eigenvalue weighted by molar-refractivity contribution is -0.146. The van der Waals surface area contributed by atoms with Crippen LogP contribution in [0, 0.1) is 0 Å². The van der Waals surface area contributed by atoms with Crippen molar-refractivity contribution in [2.75, 3.05) is 20.3 Å². The lowest BCUT2D eigenvalue weighted by Crippen LogP contribution is -2.37. The van der Waals surface area contributed by atoms with Gasteiger partial charge in [-0.25, -0.2) is 0 Å². The first-order valence-corrected chi connectivity index (χ1v) is 5.16. The van der Waals surface area contributed by atoms with Crippen molar-refractivity contribution in [3.8, 4) is 0 Å². The molecule has 1 N–H and O–H groups in total. The SMILES string of the molecule is COCC(=O)N(CC(=O)O)Cc1ccccc1. The van der Waals surface area contributed by atoms with Gasteiger partial charge in [0.1, 0.15) is 13.2 Å². The lowest BCUT2D eigenvalue weighted by Gasteiger charge is -2.20. The molecule has 92 valence electrons. The molecular weight excluding hydrogens is 222 g/mol. The summed E-state index contributed by atoms with van der Waals surface area (Å²) >= 11 is 0. The Kier molecular flexibility index (Phi) is 5.16. The van der Waals surface area contributed by atoms with Crippen LogP contribution < -0.4 is 0 Å². The van der Waals surface area contributed by atoms with Gasteiger partial charge in [0.15, 0.2) is 0 Å². The lowest BCUT2D eigenvalue weighted by atomic mass is 10.2. The molecule has 0 bridgehead atoms. The fourth-order valence-corrected chi connectivity index (χ4v) is 1.41. The van der Waals surface area contributed by atoms with Crippen LogP contribution in [0.1, 0.15) is 5.56 Å². The van der Waals surface area contributed by atoms with E-state index in [1.54, 1.807) is 0 Å². The molecule has 0 spiro atoms. The van der Waals surface area contributed by atoms with Gasteiger partial charge in [0.25, 0.3) is 0 Å². The van der Waals surface area contributed by atoms with Gasteiger partial charge in [0, 0.05) is 13.7 Å². The second kappa shape index (κ2) is 6.65. The minimum atomic E-state index is -1.04. The Balaban J connectivity index is 2.70. The minimum Gasteiger partial charge on any atom is -0.480 e. The van der Waals surface area contributed by atoms with Crippen LogP contribution in [0.4, 0.5) is 0 Å². The highest BCUT2D eigenvalue weighted by molar-refractivity contribution is 5.82. The number of amides is 1. The molecule has 1 aromatic carbocycles. The summed E-state index contributed by atoms with van der Waals surface area (Å²) in [7, 11) is 1.40. The van der Waals surface area contributed by atoms with Crippen LogP contribution in [-0.2, 0) is 20.9 Å². The van der Waals surface area contributed by atoms with E-state index in [1.165, 1.54) is 12.0 Å². The summed E-state index contributed by atoms with van der Waals surface area (Å²) < 4.78 is 4.72. The van der Waals surface area contributed by atoms with E-state index in [0.717, 1.165) is 5.56 Å². The molecule has 0 aliphatic carbocycles. The molecule has 17 heavy (non-hydrogen) atoms. The number of carbonyl (C=O) groups excluding carboxylic acids is 1. The first kappa shape index (κ1) is 13.2. The normalized spacial score (nSPS) is 9.94. The highest BCUT2D eigenvalue weighted by Gasteiger charge is 2.16. The van der Waals surface area contributed by atoms with Crippen molar-refractivity contribution >= 4 is 11.9 Å². The number of nitrogens with zero attached hydrogens (tertiary/aromatic N) is 1. The third kappa shape index (κ3) is 4.65. The Hall–Kier alpha value is -1.88. The van der Waals surface area contributed by atoms with E-state index >= 15 is 0 Å². The van der Waals surface area contributed by atoms with Crippen molar-refractivity contribution in [2.45, 2.75) is 6.54 Å². The van der Waals surface area contributed by atoms with Gasteiger partial charge in [0.05, 0.1) is 0 Å². The number of ether oxygens (including phenoxy) is 1. The zero-order valence-electron chi connectivity index (χ0n) is 9.63. The van der Waals surface area contributed by atoms with Crippen LogP contribution in [0.2, 0.25) is 0 Å². The van der Waals surface area contributed by atoms with Gasteiger partial charge in [0.2, 0.25) is 5.91 Å². The molecule has 0 aliphatic rings. The summed E-state index contributed by atoms with van der Waals surface area (Å²) in [5, 5.41) is 8.74. The van der Waals surface area contributed by atoms with Gasteiger partial charge < -0.3 is 14.7 Å². The fraction of sp³-hybridized carbons (Fsp3) is 0.333. The summed E-state index contributed by atoms with van der Waals surface area (Å²) in [6, 6.07) is 9.23. The van der Waals surface area contributed by atoms with E-state index in [0.29, 0.717) is 0 Å². The molecule has 0 radical (unpaired) electrons. The third-order valence-corrected chi connectivity index (χ3v) is 2.16. The summed E-state index contributed by atoms with van der Waals surface area (Å²) in [4.78, 5) is 23.5. The topological polar surface area (TPSA) is 66.8 Å². The number of aliphatic carboxylic acids is 1. The molecule has 0 saturated carbocycles. The minimum absolute atomic E-state index is 0.111. The van der Waals surface area contributed by atoms with Crippen LogP contribution in [0.15, 0.2) is 30.3 Å². The van der Waals surface area contributed by atoms with Crippen LogP contribution >= 0.6 is 0 Å². The first-order valence-electron chi connectivity index (χ1n) is 5.16. The molecule has 0 aromatic heterocycles. The van der Waals surface area contributed by atoms with Crippen molar-refractivity contribution < 1.29 is 19.4 Å². The van der Waals surface area contributed by atoms with Gasteiger partial charge in [-0.3, -0.25) is 9.59 Å². The second-order valence-electron chi connectivity index (χ2n) is 3.56. The number of hydrogen-bond acceptors (Lipinski definition) is 3. The number of carboxylic acids is 1. The van der Waals surface area contributed by atoms with Gasteiger partial charge in [-0.1, -0.05) is 30.3 Å². The molecule has 5 nitrogen and oxygen atoms in total. The maximum atomic E-state index is 11.6. The van der Waals surface area contributed by atoms with Crippen molar-refractivity contribution in [3.63, 3.8) is 0 Å². The average molecular weight is 237 g/mol. The second-order valence-corrected chi connectivity index (χ2v) is 3.56. The van der Waals surface area contributed by atoms with Crippen LogP contribution in [0.25, 0.3) is 0 Å². The zero-order chi connectivity index (χ0) is 12.7. The maximum absolute atomic E-state index is 11.6. The number of methoxy groups -OCH3 is 1. The Morgan fingerprint density at radius 2 is 1.94 bits per heavy atom. The summed E-state index contributed by atoms with van der Waals surface area (Å²) in [5.41, 5.74) is 0.887. The molecule has 0 aliphatic heterocycles. The quantitative estimate of drug-likeness (QED) is 0.792. The molecule has 5 heteroatoms. The van der Waals surface area contributed by atoms with Crippen molar-refractivity contribution in [1.82, 2.24) is 4.90 Å². The van der Waals surface area contributed by atoms with Gasteiger partial charge >= 0.3 is 5.97 Å². The molecule has 0 saturated heterocycles. The highest BCUT2D eigenvalue weighted by Crippen LogP contribution is 2.04. The standard InChI is InChI=1S/C12H15NO4/c1-17-9-11(14)13(8-12(15)16)7-10-5-3-2-4-6-10/h2-6H,7-9H2,1H3,(H,15,16). The number of carboxylic acid groups (broad SMARTS) is 1. The fourth-order valence-electron chi connectivity index (χ4n) is 1.41. The van der Waals surface area contributed by atoms with Crippen molar-refractivity contribution in [2.24, 2.45) is 0 Å². The highest BCUT2D eigenvalue weighted by atomic mass is 16.5. The largest absolute Gasteiger partial charge is 0.480 e. The molecular formula is C12H15NO4. The summed E-state index contributed by atoms with van der Waals surface area (Å²) in [5.74, 6) is -1.37. The molecule has 1 aromatic rings. The predicted octanol–water partition coefficient (Wildman–Crippen LogP) is 0.746. The Labute approximate surface area is 99.6 Å². The molecule has 0 fully saturated rings. The molecule has 0 atom stereocenters. The molecule has 1 rings (SSSR count). The van der Waals surface area contributed by atoms with Crippen molar-refractivity contribution in [1.29, 1.82) is 0 Å². The van der Waals surface area contributed by atoms with E-state index < -0.39 is 5.97 Å². The van der Waals surface area contributed by atoms with E-state index in [-0.39, 0.29) is 25.6 Å². The number of rotatable bonds is 6. The van der Waals surface area contributed by atoms with E-state index in [9.17, 15) is 9.59 Å². The molecule has 0 unspecified atom stereocenters. The van der Waals surface area contributed by atoms with Crippen LogP contribution in [-0.4, -0.2) is 42.1 Å². The zero-order valence-corrected chi connectivity index (χ0v) is 9.63. The van der Waals surface area contributed by atoms with Gasteiger partial charge in [-0.05, 0) is 5.56 Å². The molecule has 0 heterocycles. The van der Waals surface area contributed by atoms with E-state index in [4.69, 9.17) is 9.84 Å². The Bertz CT molecular complexity index is 377. The van der Waals surface area contributed by atoms with E-state index in [1.807, 2.05) is 30.3 Å². The average Bonchev–Trinajstić information content (AvgIpc) is 2.29. The maximum Gasteiger partial charge on any atom is 0.323 e. The number of benzene rings is 1. The monoisotopic (exact) mass is 237 g/mol. The Morgan fingerprint density at radius 3 is 2.47 bits per heavy atom. The Morgan fingerprint density at radius 1 is 1.29 bits per heavy atom. The number of hydrogen-bond donors (Lipinski definition) is 1. The van der Waals surface area contributed by atoms with Crippen molar-refractivity contribution in [3.05, 3.63) is 35.9 Å². The molecule has 1 amide bonds. The van der Waals surface area contributed by atoms with E-state index in [2.05, 4.69) is 0 Å². The van der Waals surface area contributed by atoms with Crippen LogP contribution in [0.3, 0.4) is 0 Å². The smallest absolute Gasteiger partial charge is 0.323 e. The summed E-state index contributed by atoms with van der Waals surface area (Å²) in [6.45, 7) is -0.160. The van der Waals surface area contributed by atoms with Crippen LogP contribution in [0.5, 0.6) is 0 Å². The number of carbonyl (C=O) groups is 2. The van der Waals surface area contributed by atoms with Gasteiger partial charge in [-0.2, -0.15) is 0 Å². The van der Waals surface area contributed by atoms with Gasteiger partial charge in [-0.15, -0.1) is 0 Å². The summed E-state index contributed by atoms with van der Waals surface area (Å²) in [6.07, 6.45) is 0. The predicted molar refractivity (Wildman–Crippen MR) is 61.4 cm³/mol.